The highest BCUT2D eigenvalue weighted by Crippen LogP contribution is 2.28. The van der Waals surface area contributed by atoms with Crippen molar-refractivity contribution in [2.75, 3.05) is 36.7 Å². The summed E-state index contributed by atoms with van der Waals surface area (Å²) < 4.78 is 79.9. The summed E-state index contributed by atoms with van der Waals surface area (Å²) in [6.07, 6.45) is 0.978. The largest absolute Gasteiger partial charge is 0.497 e. The van der Waals surface area contributed by atoms with Crippen LogP contribution in [0.5, 0.6) is 11.6 Å². The van der Waals surface area contributed by atoms with Crippen LogP contribution < -0.4 is 19.5 Å². The molecule has 0 radical (unpaired) electrons. The van der Waals surface area contributed by atoms with E-state index in [-0.39, 0.29) is 18.0 Å². The summed E-state index contributed by atoms with van der Waals surface area (Å²) >= 11 is 0. The molecule has 0 aliphatic rings. The second kappa shape index (κ2) is 11.6. The number of hydrogen-bond donors (Lipinski definition) is 2. The van der Waals surface area contributed by atoms with Crippen molar-refractivity contribution in [3.05, 3.63) is 71.4 Å². The third-order valence-electron chi connectivity index (χ3n) is 5.63. The molecule has 1 amide bonds. The normalized spacial score (nSPS) is 11.4. The van der Waals surface area contributed by atoms with E-state index in [0.29, 0.717) is 23.3 Å². The lowest BCUT2D eigenvalue weighted by Crippen LogP contribution is -2.21. The number of carbonyl (C=O) groups is 1. The molecule has 10 nitrogen and oxygen atoms in total. The number of halogens is 3. The van der Waals surface area contributed by atoms with Gasteiger partial charge in [-0.2, -0.15) is 0 Å². The lowest BCUT2D eigenvalue weighted by Gasteiger charge is -2.12. The van der Waals surface area contributed by atoms with Crippen LogP contribution in [-0.4, -0.2) is 55.7 Å². The molecule has 0 saturated carbocycles. The Kier molecular flexibility index (Phi) is 8.24. The molecule has 2 aromatic heterocycles. The first-order valence-corrected chi connectivity index (χ1v) is 13.2. The molecule has 0 aliphatic carbocycles. The molecule has 0 unspecified atom stereocenters. The summed E-state index contributed by atoms with van der Waals surface area (Å²) in [4.78, 5) is 17.2. The van der Waals surface area contributed by atoms with Crippen LogP contribution >= 0.6 is 0 Å². The highest BCUT2D eigenvalue weighted by molar-refractivity contribution is 7.92. The maximum Gasteiger partial charge on any atom is 0.261 e. The molecular weight excluding hydrogens is 539 g/mol. The predicted molar refractivity (Wildman–Crippen MR) is 138 cm³/mol. The molecule has 2 N–H and O–H groups in total. The van der Waals surface area contributed by atoms with Crippen molar-refractivity contribution in [1.82, 2.24) is 14.8 Å². The predicted octanol–water partition coefficient (Wildman–Crippen LogP) is 4.13. The average molecular weight is 564 g/mol. The minimum absolute atomic E-state index is 0.0857. The Balaban J connectivity index is 1.59. The topological polar surface area (TPSA) is 124 Å². The molecule has 4 aromatic rings. The SMILES string of the molecule is COc1ccc(Cn2nc(OC)c3cc(NC(=O)c4c(F)ccc(NS(=O)(=O)CCCF)c4F)cnc32)cc1. The summed E-state index contributed by atoms with van der Waals surface area (Å²) in [5.41, 5.74) is -0.225. The fourth-order valence-corrected chi connectivity index (χ4v) is 4.84. The number of pyridine rings is 1. The van der Waals surface area contributed by atoms with Crippen LogP contribution in [-0.2, 0) is 16.6 Å². The number of aromatic nitrogens is 3. The second-order valence-corrected chi connectivity index (χ2v) is 10.2. The Labute approximate surface area is 221 Å². The van der Waals surface area contributed by atoms with Gasteiger partial charge in [0.1, 0.15) is 17.1 Å². The first kappa shape index (κ1) is 27.7. The van der Waals surface area contributed by atoms with Gasteiger partial charge in [-0.3, -0.25) is 13.9 Å². The van der Waals surface area contributed by atoms with Gasteiger partial charge in [0, 0.05) is 0 Å². The Morgan fingerprint density at radius 2 is 1.82 bits per heavy atom. The van der Waals surface area contributed by atoms with E-state index < -0.39 is 51.2 Å². The first-order valence-electron chi connectivity index (χ1n) is 11.5. The lowest BCUT2D eigenvalue weighted by atomic mass is 10.1. The van der Waals surface area contributed by atoms with E-state index in [4.69, 9.17) is 9.47 Å². The third kappa shape index (κ3) is 6.22. The number of nitrogens with one attached hydrogen (secondary N) is 2. The van der Waals surface area contributed by atoms with Crippen LogP contribution in [0.15, 0.2) is 48.7 Å². The molecule has 0 fully saturated rings. The molecule has 206 valence electrons. The number of sulfonamides is 1. The van der Waals surface area contributed by atoms with Gasteiger partial charge in [-0.05, 0) is 42.3 Å². The lowest BCUT2D eigenvalue weighted by molar-refractivity contribution is 0.101. The van der Waals surface area contributed by atoms with Gasteiger partial charge in [0.25, 0.3) is 5.91 Å². The van der Waals surface area contributed by atoms with Crippen molar-refractivity contribution in [2.24, 2.45) is 0 Å². The van der Waals surface area contributed by atoms with E-state index in [9.17, 15) is 22.0 Å². The van der Waals surface area contributed by atoms with Gasteiger partial charge in [-0.1, -0.05) is 12.1 Å². The molecule has 39 heavy (non-hydrogen) atoms. The molecule has 0 spiro atoms. The van der Waals surface area contributed by atoms with Gasteiger partial charge in [-0.15, -0.1) is 5.10 Å². The van der Waals surface area contributed by atoms with Crippen LogP contribution in [0.25, 0.3) is 11.0 Å². The number of benzene rings is 2. The zero-order valence-corrected chi connectivity index (χ0v) is 21.7. The number of fused-ring (bicyclic) bond motifs is 1. The minimum Gasteiger partial charge on any atom is -0.497 e. The maximum absolute atomic E-state index is 15.0. The molecular formula is C25H24F3N5O5S. The third-order valence-corrected chi connectivity index (χ3v) is 6.98. The number of hydrogen-bond acceptors (Lipinski definition) is 7. The zero-order valence-electron chi connectivity index (χ0n) is 20.9. The minimum atomic E-state index is -4.11. The smallest absolute Gasteiger partial charge is 0.261 e. The van der Waals surface area contributed by atoms with E-state index in [1.54, 1.807) is 11.8 Å². The monoisotopic (exact) mass is 563 g/mol. The average Bonchev–Trinajstić information content (AvgIpc) is 3.26. The van der Waals surface area contributed by atoms with Gasteiger partial charge in [0.05, 0.1) is 56.1 Å². The summed E-state index contributed by atoms with van der Waals surface area (Å²) in [6.45, 7) is -0.531. The Bertz CT molecular complexity index is 1610. The highest BCUT2D eigenvalue weighted by Gasteiger charge is 2.24. The van der Waals surface area contributed by atoms with Gasteiger partial charge in [-0.25, -0.2) is 26.9 Å². The Morgan fingerprint density at radius 1 is 1.08 bits per heavy atom. The van der Waals surface area contributed by atoms with Crippen LogP contribution in [0.1, 0.15) is 22.3 Å². The summed E-state index contributed by atoms with van der Waals surface area (Å²) in [6, 6.07) is 10.4. The van der Waals surface area contributed by atoms with Crippen molar-refractivity contribution >= 4 is 38.3 Å². The van der Waals surface area contributed by atoms with Crippen molar-refractivity contribution in [1.29, 1.82) is 0 Å². The number of carbonyl (C=O) groups excluding carboxylic acids is 1. The fraction of sp³-hybridized carbons (Fsp3) is 0.240. The van der Waals surface area contributed by atoms with Crippen molar-refractivity contribution in [3.8, 4) is 11.6 Å². The van der Waals surface area contributed by atoms with Crippen LogP contribution in [0, 0.1) is 11.6 Å². The first-order chi connectivity index (χ1) is 18.7. The number of nitrogens with zero attached hydrogens (tertiary/aromatic N) is 3. The summed E-state index contributed by atoms with van der Waals surface area (Å²) in [5, 5.41) is 7.19. The van der Waals surface area contributed by atoms with E-state index in [2.05, 4.69) is 15.4 Å². The summed E-state index contributed by atoms with van der Waals surface area (Å²) in [7, 11) is -1.13. The number of alkyl halides is 1. The molecule has 0 bridgehead atoms. The van der Waals surface area contributed by atoms with E-state index in [0.717, 1.165) is 17.7 Å². The van der Waals surface area contributed by atoms with Gasteiger partial charge < -0.3 is 14.8 Å². The van der Waals surface area contributed by atoms with Gasteiger partial charge in [0.2, 0.25) is 15.9 Å². The van der Waals surface area contributed by atoms with Gasteiger partial charge >= 0.3 is 0 Å². The molecule has 0 atom stereocenters. The Morgan fingerprint density at radius 3 is 2.49 bits per heavy atom. The number of rotatable bonds is 11. The number of methoxy groups -OCH3 is 2. The molecule has 0 aliphatic heterocycles. The molecule has 2 heterocycles. The quantitative estimate of drug-likeness (QED) is 0.281. The fourth-order valence-electron chi connectivity index (χ4n) is 3.76. The molecule has 2 aromatic carbocycles. The van der Waals surface area contributed by atoms with Crippen molar-refractivity contribution in [3.63, 3.8) is 0 Å². The zero-order chi connectivity index (χ0) is 28.2. The van der Waals surface area contributed by atoms with Crippen LogP contribution in [0.2, 0.25) is 0 Å². The molecule has 14 heteroatoms. The van der Waals surface area contributed by atoms with E-state index in [1.165, 1.54) is 19.4 Å². The van der Waals surface area contributed by atoms with Crippen LogP contribution in [0.4, 0.5) is 24.5 Å². The Hall–Kier alpha value is -4.33. The highest BCUT2D eigenvalue weighted by atomic mass is 32.2. The van der Waals surface area contributed by atoms with Crippen molar-refractivity contribution in [2.45, 2.75) is 13.0 Å². The number of ether oxygens (including phenoxy) is 2. The van der Waals surface area contributed by atoms with Crippen molar-refractivity contribution < 1.29 is 35.9 Å². The van der Waals surface area contributed by atoms with E-state index in [1.807, 2.05) is 29.0 Å². The van der Waals surface area contributed by atoms with Gasteiger partial charge in [0.15, 0.2) is 11.5 Å². The van der Waals surface area contributed by atoms with E-state index >= 15 is 4.39 Å². The summed E-state index contributed by atoms with van der Waals surface area (Å²) in [5.74, 6) is -3.51. The van der Waals surface area contributed by atoms with Crippen LogP contribution in [0.3, 0.4) is 0 Å². The second-order valence-electron chi connectivity index (χ2n) is 8.31. The number of amides is 1. The molecule has 4 rings (SSSR count). The maximum atomic E-state index is 15.0. The molecule has 0 saturated heterocycles. The standard InChI is InChI=1S/C25H24F3N5O5S/c1-37-17-6-4-15(5-7-17)14-33-23-18(25(31-33)38-2)12-16(13-29-23)30-24(34)21-19(27)8-9-20(22(21)28)32-39(35,36)11-3-10-26/h4-9,12-13,32H,3,10-11,14H2,1-2H3,(H,30,34). The number of anilines is 2.